The highest BCUT2D eigenvalue weighted by Gasteiger charge is 2.40. The van der Waals surface area contributed by atoms with E-state index < -0.39 is 0 Å². The number of hydrogen-bond donors (Lipinski definition) is 0. The third-order valence-electron chi connectivity index (χ3n) is 9.01. The molecule has 0 N–H and O–H groups in total. The predicted molar refractivity (Wildman–Crippen MR) is 173 cm³/mol. The number of unbranched alkanes of at least 4 members (excludes halogenated alkanes) is 13. The molecular formula is C38H59N2+. The van der Waals surface area contributed by atoms with Gasteiger partial charge in [0.25, 0.3) is 0 Å². The van der Waals surface area contributed by atoms with Gasteiger partial charge in [0.2, 0.25) is 6.33 Å². The highest BCUT2D eigenvalue weighted by Crippen LogP contribution is 2.41. The lowest BCUT2D eigenvalue weighted by Crippen LogP contribution is -2.38. The van der Waals surface area contributed by atoms with Crippen molar-refractivity contribution in [3.8, 4) is 0 Å². The number of nitrogens with zero attached hydrogens (tertiary/aromatic N) is 2. The third kappa shape index (κ3) is 10.9. The van der Waals surface area contributed by atoms with E-state index in [1.165, 1.54) is 114 Å². The van der Waals surface area contributed by atoms with E-state index in [9.17, 15) is 0 Å². The molecule has 0 fully saturated rings. The highest BCUT2D eigenvalue weighted by atomic mass is 15.1. The molecule has 0 saturated carbocycles. The van der Waals surface area contributed by atoms with Gasteiger partial charge >= 0.3 is 0 Å². The van der Waals surface area contributed by atoms with Crippen molar-refractivity contribution in [3.63, 3.8) is 0 Å². The molecule has 1 aromatic heterocycles. The zero-order chi connectivity index (χ0) is 28.3. The van der Waals surface area contributed by atoms with E-state index in [2.05, 4.69) is 109 Å². The predicted octanol–water partition coefficient (Wildman–Crippen LogP) is 10.8. The topological polar surface area (TPSA) is 8.81 Å². The average molecular weight is 544 g/mol. The van der Waals surface area contributed by atoms with Crippen molar-refractivity contribution in [1.82, 2.24) is 4.57 Å². The minimum absolute atomic E-state index is 0.0138. The summed E-state index contributed by atoms with van der Waals surface area (Å²) in [5.74, 6) is 0. The number of imidazole rings is 1. The zero-order valence-electron chi connectivity index (χ0n) is 26.2. The molecule has 40 heavy (non-hydrogen) atoms. The van der Waals surface area contributed by atoms with Crippen molar-refractivity contribution in [2.75, 3.05) is 0 Å². The molecule has 0 bridgehead atoms. The minimum atomic E-state index is 0.0138. The summed E-state index contributed by atoms with van der Waals surface area (Å²) in [5, 5.41) is 0. The second-order valence-electron chi connectivity index (χ2n) is 12.4. The van der Waals surface area contributed by atoms with E-state index in [0.29, 0.717) is 6.04 Å². The van der Waals surface area contributed by atoms with Crippen LogP contribution in [0.5, 0.6) is 0 Å². The molecule has 2 atom stereocenters. The molecule has 0 saturated heterocycles. The normalized spacial score (nSPS) is 13.8. The summed E-state index contributed by atoms with van der Waals surface area (Å²) in [6.45, 7) is 8.24. The van der Waals surface area contributed by atoms with Gasteiger partial charge < -0.3 is 0 Å². The number of aromatic nitrogens is 2. The van der Waals surface area contributed by atoms with Crippen molar-refractivity contribution in [1.29, 1.82) is 0 Å². The maximum Gasteiger partial charge on any atom is 0.244 e. The fourth-order valence-corrected chi connectivity index (χ4v) is 6.50. The van der Waals surface area contributed by atoms with Gasteiger partial charge in [0.05, 0.1) is 6.54 Å². The fourth-order valence-electron chi connectivity index (χ4n) is 6.50. The van der Waals surface area contributed by atoms with Crippen LogP contribution < -0.4 is 4.57 Å². The molecule has 2 heteroatoms. The van der Waals surface area contributed by atoms with Crippen molar-refractivity contribution in [2.24, 2.45) is 0 Å². The first-order valence-corrected chi connectivity index (χ1v) is 16.8. The molecule has 220 valence electrons. The van der Waals surface area contributed by atoms with Crippen LogP contribution in [0.25, 0.3) is 0 Å². The van der Waals surface area contributed by atoms with Crippen molar-refractivity contribution in [3.05, 3.63) is 90.5 Å². The Bertz CT molecular complexity index is 1010. The molecule has 2 nitrogen and oxygen atoms in total. The van der Waals surface area contributed by atoms with Crippen LogP contribution >= 0.6 is 0 Å². The van der Waals surface area contributed by atoms with Gasteiger partial charge in [-0.1, -0.05) is 158 Å². The van der Waals surface area contributed by atoms with Crippen LogP contribution in [0.4, 0.5) is 0 Å². The first-order valence-electron chi connectivity index (χ1n) is 16.8. The Morgan fingerprint density at radius 3 is 1.77 bits per heavy atom. The molecule has 0 aliphatic heterocycles. The van der Waals surface area contributed by atoms with Gasteiger partial charge in [-0.05, 0) is 43.2 Å². The van der Waals surface area contributed by atoms with Crippen LogP contribution in [-0.2, 0) is 18.4 Å². The maximum atomic E-state index is 2.57. The lowest BCUT2D eigenvalue weighted by atomic mass is 9.70. The Balaban J connectivity index is 1.72. The van der Waals surface area contributed by atoms with Gasteiger partial charge in [-0.25, -0.2) is 9.13 Å². The summed E-state index contributed by atoms with van der Waals surface area (Å²) in [6.07, 6.45) is 29.9. The molecule has 0 aliphatic rings. The van der Waals surface area contributed by atoms with Gasteiger partial charge in [-0.3, -0.25) is 0 Å². The molecule has 3 aromatic rings. The van der Waals surface area contributed by atoms with Crippen LogP contribution in [0, 0.1) is 0 Å². The van der Waals surface area contributed by atoms with Gasteiger partial charge in [0.1, 0.15) is 18.4 Å². The maximum absolute atomic E-state index is 2.57. The Kier molecular flexibility index (Phi) is 15.2. The molecule has 2 aromatic carbocycles. The number of aryl methyl sites for hydroxylation is 1. The summed E-state index contributed by atoms with van der Waals surface area (Å²) in [7, 11) is 0. The first kappa shape index (κ1) is 32.2. The Labute approximate surface area is 247 Å². The highest BCUT2D eigenvalue weighted by molar-refractivity contribution is 5.30. The van der Waals surface area contributed by atoms with E-state index in [-0.39, 0.29) is 5.41 Å². The van der Waals surface area contributed by atoms with Crippen molar-refractivity contribution in [2.45, 2.75) is 148 Å². The Morgan fingerprint density at radius 2 is 1.18 bits per heavy atom. The molecule has 3 rings (SSSR count). The smallest absolute Gasteiger partial charge is 0.237 e. The van der Waals surface area contributed by atoms with Crippen LogP contribution in [0.2, 0.25) is 0 Å². The van der Waals surface area contributed by atoms with E-state index in [4.69, 9.17) is 0 Å². The fraction of sp³-hybridized carbons (Fsp3) is 0.605. The molecule has 0 aliphatic carbocycles. The van der Waals surface area contributed by atoms with E-state index in [1.54, 1.807) is 0 Å². The lowest BCUT2D eigenvalue weighted by Gasteiger charge is -2.37. The number of hydrogen-bond acceptors (Lipinski definition) is 0. The Morgan fingerprint density at radius 1 is 0.650 bits per heavy atom. The van der Waals surface area contributed by atoms with Crippen LogP contribution in [0.3, 0.4) is 0 Å². The van der Waals surface area contributed by atoms with Crippen molar-refractivity contribution < 1.29 is 4.57 Å². The molecule has 0 spiro atoms. The van der Waals surface area contributed by atoms with Gasteiger partial charge in [0.15, 0.2) is 0 Å². The van der Waals surface area contributed by atoms with Crippen LogP contribution in [0.1, 0.15) is 141 Å². The van der Waals surface area contributed by atoms with Crippen LogP contribution in [0.15, 0.2) is 79.4 Å². The summed E-state index contributed by atoms with van der Waals surface area (Å²) >= 11 is 0. The number of benzene rings is 2. The van der Waals surface area contributed by atoms with E-state index >= 15 is 0 Å². The summed E-state index contributed by atoms with van der Waals surface area (Å²) in [5.41, 5.74) is 2.90. The second kappa shape index (κ2) is 18.9. The summed E-state index contributed by atoms with van der Waals surface area (Å²) in [6, 6.07) is 22.9. The monoisotopic (exact) mass is 543 g/mol. The molecule has 1 heterocycles. The van der Waals surface area contributed by atoms with E-state index in [1.807, 2.05) is 0 Å². The summed E-state index contributed by atoms with van der Waals surface area (Å²) in [4.78, 5) is 0. The summed E-state index contributed by atoms with van der Waals surface area (Å²) < 4.78 is 5.00. The van der Waals surface area contributed by atoms with Gasteiger partial charge in [-0.2, -0.15) is 0 Å². The Hall–Kier alpha value is -2.35. The van der Waals surface area contributed by atoms with Gasteiger partial charge in [-0.15, -0.1) is 0 Å². The first-order chi connectivity index (χ1) is 19.7. The minimum Gasteiger partial charge on any atom is -0.237 e. The molecule has 0 amide bonds. The molecule has 2 unspecified atom stereocenters. The quantitative estimate of drug-likeness (QED) is 0.0880. The molecular weight excluding hydrogens is 484 g/mol. The van der Waals surface area contributed by atoms with E-state index in [0.717, 1.165) is 13.0 Å². The molecule has 0 radical (unpaired) electrons. The largest absolute Gasteiger partial charge is 0.244 e. The third-order valence-corrected chi connectivity index (χ3v) is 9.01. The van der Waals surface area contributed by atoms with Crippen molar-refractivity contribution >= 4 is 0 Å². The van der Waals surface area contributed by atoms with Crippen LogP contribution in [-0.4, -0.2) is 4.57 Å². The number of rotatable bonds is 22. The van der Waals surface area contributed by atoms with Gasteiger partial charge in [0, 0.05) is 5.41 Å². The lowest BCUT2D eigenvalue weighted by molar-refractivity contribution is -0.697. The standard InChI is InChI=1S/C38H59N2/c1-4-6-8-10-11-12-13-14-15-23-29-37(40-32-31-39(34-40)30-24-16-9-7-5-2)38(3,36-27-21-18-22-28-36)33-35-25-19-17-20-26-35/h17-22,25-28,31-32,34,37H,4-16,23-24,29-30,33H2,1-3H3/q+1. The zero-order valence-corrected chi connectivity index (χ0v) is 26.2. The average Bonchev–Trinajstić information content (AvgIpc) is 3.45. The SMILES string of the molecule is CCCCCCCCCCCCC(n1cc[n+](CCCCCCC)c1)C(C)(Cc1ccccc1)c1ccccc1. The second-order valence-corrected chi connectivity index (χ2v) is 12.4.